The van der Waals surface area contributed by atoms with E-state index in [4.69, 9.17) is 0 Å². The van der Waals surface area contributed by atoms with Gasteiger partial charge in [-0.1, -0.05) is 29.8 Å². The van der Waals surface area contributed by atoms with Crippen LogP contribution in [0.2, 0.25) is 0 Å². The SMILES string of the molecule is Cc1ccc(S(=O)(=O)N2CCCC2C(=O)Nc2ccccc2Br)cc1. The van der Waals surface area contributed by atoms with Gasteiger partial charge in [0.05, 0.1) is 10.6 Å². The molecule has 0 aromatic heterocycles. The van der Waals surface area contributed by atoms with E-state index in [-0.39, 0.29) is 10.8 Å². The molecule has 2 aromatic carbocycles. The van der Waals surface area contributed by atoms with Gasteiger partial charge >= 0.3 is 0 Å². The Morgan fingerprint density at radius 1 is 1.16 bits per heavy atom. The fraction of sp³-hybridized carbons (Fsp3) is 0.278. The number of sulfonamides is 1. The fourth-order valence-electron chi connectivity index (χ4n) is 2.91. The van der Waals surface area contributed by atoms with E-state index in [0.717, 1.165) is 10.0 Å². The molecule has 7 heteroatoms. The lowest BCUT2D eigenvalue weighted by Gasteiger charge is -2.23. The van der Waals surface area contributed by atoms with Crippen LogP contribution >= 0.6 is 15.9 Å². The van der Waals surface area contributed by atoms with Gasteiger partial charge in [0.2, 0.25) is 15.9 Å². The Bertz CT molecular complexity index is 881. The first kappa shape index (κ1) is 18.1. The molecule has 1 aliphatic rings. The van der Waals surface area contributed by atoms with E-state index in [9.17, 15) is 13.2 Å². The minimum atomic E-state index is -3.69. The normalized spacial score (nSPS) is 18.2. The summed E-state index contributed by atoms with van der Waals surface area (Å²) < 4.78 is 27.9. The summed E-state index contributed by atoms with van der Waals surface area (Å²) in [6.45, 7) is 2.25. The van der Waals surface area contributed by atoms with Gasteiger partial charge < -0.3 is 5.32 Å². The van der Waals surface area contributed by atoms with Crippen LogP contribution in [0.5, 0.6) is 0 Å². The van der Waals surface area contributed by atoms with E-state index in [1.54, 1.807) is 30.3 Å². The lowest BCUT2D eigenvalue weighted by Crippen LogP contribution is -2.43. The zero-order valence-corrected chi connectivity index (χ0v) is 16.2. The van der Waals surface area contributed by atoms with Gasteiger partial charge in [-0.2, -0.15) is 4.31 Å². The molecule has 25 heavy (non-hydrogen) atoms. The van der Waals surface area contributed by atoms with Crippen LogP contribution in [0.3, 0.4) is 0 Å². The summed E-state index contributed by atoms with van der Waals surface area (Å²) in [7, 11) is -3.69. The van der Waals surface area contributed by atoms with E-state index in [0.29, 0.717) is 25.1 Å². The molecule has 1 heterocycles. The van der Waals surface area contributed by atoms with Crippen molar-refractivity contribution in [2.45, 2.75) is 30.7 Å². The summed E-state index contributed by atoms with van der Waals surface area (Å²) in [6.07, 6.45) is 1.18. The average Bonchev–Trinajstić information content (AvgIpc) is 3.08. The summed E-state index contributed by atoms with van der Waals surface area (Å²) in [4.78, 5) is 12.9. The van der Waals surface area contributed by atoms with Crippen LogP contribution in [0.4, 0.5) is 5.69 Å². The Balaban J connectivity index is 1.83. The molecule has 0 spiro atoms. The van der Waals surface area contributed by atoms with Crippen molar-refractivity contribution in [1.29, 1.82) is 0 Å². The van der Waals surface area contributed by atoms with Crippen LogP contribution in [0, 0.1) is 6.92 Å². The van der Waals surface area contributed by atoms with Crippen molar-refractivity contribution in [3.8, 4) is 0 Å². The number of anilines is 1. The number of hydrogen-bond donors (Lipinski definition) is 1. The second-order valence-electron chi connectivity index (χ2n) is 6.06. The third kappa shape index (κ3) is 3.78. The number of aryl methyl sites for hydroxylation is 1. The number of benzene rings is 2. The molecular formula is C18H19BrN2O3S. The van der Waals surface area contributed by atoms with Crippen LogP contribution < -0.4 is 5.32 Å². The van der Waals surface area contributed by atoms with Crippen LogP contribution in [-0.2, 0) is 14.8 Å². The minimum Gasteiger partial charge on any atom is -0.324 e. The molecular weight excluding hydrogens is 404 g/mol. The summed E-state index contributed by atoms with van der Waals surface area (Å²) in [5, 5.41) is 2.82. The second-order valence-corrected chi connectivity index (χ2v) is 8.80. The lowest BCUT2D eigenvalue weighted by molar-refractivity contribution is -0.119. The molecule has 1 aliphatic heterocycles. The Hall–Kier alpha value is -1.70. The first-order valence-electron chi connectivity index (χ1n) is 8.03. The molecule has 5 nitrogen and oxygen atoms in total. The van der Waals surface area contributed by atoms with Gasteiger partial charge in [0.15, 0.2) is 0 Å². The second kappa shape index (κ2) is 7.27. The van der Waals surface area contributed by atoms with E-state index < -0.39 is 16.1 Å². The van der Waals surface area contributed by atoms with Crippen molar-refractivity contribution in [3.63, 3.8) is 0 Å². The molecule has 1 atom stereocenters. The van der Waals surface area contributed by atoms with Crippen molar-refractivity contribution >= 4 is 37.5 Å². The minimum absolute atomic E-state index is 0.221. The number of halogens is 1. The maximum Gasteiger partial charge on any atom is 0.243 e. The van der Waals surface area contributed by atoms with Crippen LogP contribution in [0.15, 0.2) is 57.9 Å². The summed E-state index contributed by atoms with van der Waals surface area (Å²) in [6, 6.07) is 13.3. The van der Waals surface area contributed by atoms with Gasteiger partial charge in [0.1, 0.15) is 6.04 Å². The summed E-state index contributed by atoms with van der Waals surface area (Å²) in [5.41, 5.74) is 1.62. The van der Waals surface area contributed by atoms with E-state index in [2.05, 4.69) is 21.2 Å². The molecule has 0 bridgehead atoms. The highest BCUT2D eigenvalue weighted by molar-refractivity contribution is 9.10. The smallest absolute Gasteiger partial charge is 0.243 e. The van der Waals surface area contributed by atoms with Crippen LogP contribution in [0.1, 0.15) is 18.4 Å². The highest BCUT2D eigenvalue weighted by Crippen LogP contribution is 2.28. The molecule has 0 aliphatic carbocycles. The van der Waals surface area contributed by atoms with E-state index in [1.165, 1.54) is 4.31 Å². The van der Waals surface area contributed by atoms with Crippen molar-refractivity contribution in [3.05, 3.63) is 58.6 Å². The van der Waals surface area contributed by atoms with Gasteiger partial charge in [-0.05, 0) is 60.0 Å². The number of rotatable bonds is 4. The van der Waals surface area contributed by atoms with Gasteiger partial charge in [0, 0.05) is 11.0 Å². The highest BCUT2D eigenvalue weighted by atomic mass is 79.9. The molecule has 3 rings (SSSR count). The lowest BCUT2D eigenvalue weighted by atomic mass is 10.2. The van der Waals surface area contributed by atoms with Gasteiger partial charge in [-0.3, -0.25) is 4.79 Å². The number of amides is 1. The zero-order valence-electron chi connectivity index (χ0n) is 13.8. The van der Waals surface area contributed by atoms with Gasteiger partial charge in [-0.15, -0.1) is 0 Å². The number of carbonyl (C=O) groups is 1. The van der Waals surface area contributed by atoms with Crippen molar-refractivity contribution in [2.75, 3.05) is 11.9 Å². The standard InChI is InChI=1S/C18H19BrN2O3S/c1-13-8-10-14(11-9-13)25(23,24)21-12-4-7-17(21)18(22)20-16-6-3-2-5-15(16)19/h2-3,5-6,8-11,17H,4,7,12H2,1H3,(H,20,22). The fourth-order valence-corrected chi connectivity index (χ4v) is 4.95. The Morgan fingerprint density at radius 2 is 1.84 bits per heavy atom. The maximum atomic E-state index is 12.9. The number of nitrogens with zero attached hydrogens (tertiary/aromatic N) is 1. The average molecular weight is 423 g/mol. The number of carbonyl (C=O) groups excluding carboxylic acids is 1. The molecule has 1 amide bonds. The summed E-state index contributed by atoms with van der Waals surface area (Å²) >= 11 is 3.38. The molecule has 1 N–H and O–H groups in total. The molecule has 2 aromatic rings. The largest absolute Gasteiger partial charge is 0.324 e. The van der Waals surface area contributed by atoms with Crippen LogP contribution in [-0.4, -0.2) is 31.2 Å². The van der Waals surface area contributed by atoms with Crippen molar-refractivity contribution < 1.29 is 13.2 Å². The molecule has 1 saturated heterocycles. The van der Waals surface area contributed by atoms with Gasteiger partial charge in [-0.25, -0.2) is 8.42 Å². The highest BCUT2D eigenvalue weighted by Gasteiger charge is 2.39. The number of hydrogen-bond acceptors (Lipinski definition) is 3. The van der Waals surface area contributed by atoms with E-state index >= 15 is 0 Å². The molecule has 0 saturated carbocycles. The maximum absolute atomic E-state index is 12.9. The van der Waals surface area contributed by atoms with Crippen molar-refractivity contribution in [2.24, 2.45) is 0 Å². The molecule has 1 unspecified atom stereocenters. The third-order valence-electron chi connectivity index (χ3n) is 4.27. The molecule has 1 fully saturated rings. The van der Waals surface area contributed by atoms with Gasteiger partial charge in [0.25, 0.3) is 0 Å². The summed E-state index contributed by atoms with van der Waals surface area (Å²) in [5.74, 6) is -0.305. The Labute approximate surface area is 156 Å². The van der Waals surface area contributed by atoms with Crippen LogP contribution in [0.25, 0.3) is 0 Å². The monoisotopic (exact) mass is 422 g/mol. The Kier molecular flexibility index (Phi) is 5.27. The quantitative estimate of drug-likeness (QED) is 0.818. The molecule has 132 valence electrons. The zero-order chi connectivity index (χ0) is 18.0. The Morgan fingerprint density at radius 3 is 2.52 bits per heavy atom. The molecule has 0 radical (unpaired) electrons. The number of para-hydroxylation sites is 1. The third-order valence-corrected chi connectivity index (χ3v) is 6.88. The predicted molar refractivity (Wildman–Crippen MR) is 101 cm³/mol. The van der Waals surface area contributed by atoms with E-state index in [1.807, 2.05) is 25.1 Å². The predicted octanol–water partition coefficient (Wildman–Crippen LogP) is 3.55. The number of nitrogens with one attached hydrogen (secondary N) is 1. The van der Waals surface area contributed by atoms with Crippen molar-refractivity contribution in [1.82, 2.24) is 4.31 Å². The topological polar surface area (TPSA) is 66.5 Å². The first-order valence-corrected chi connectivity index (χ1v) is 10.3. The first-order chi connectivity index (χ1) is 11.9.